The Morgan fingerprint density at radius 2 is 1.94 bits per heavy atom. The Morgan fingerprint density at radius 3 is 2.61 bits per heavy atom. The maximum Gasteiger partial charge on any atom is 0.119 e. The molecule has 2 atom stereocenters. The van der Waals surface area contributed by atoms with E-state index in [9.17, 15) is 5.11 Å². The molecule has 0 radical (unpaired) electrons. The number of aliphatic hydroxyl groups is 1. The topological polar surface area (TPSA) is 38.7 Å². The van der Waals surface area contributed by atoms with Crippen LogP contribution in [0.5, 0.6) is 5.75 Å². The van der Waals surface area contributed by atoms with E-state index >= 15 is 0 Å². The van der Waals surface area contributed by atoms with E-state index < -0.39 is 0 Å². The Bertz CT molecular complexity index is 383. The molecule has 1 aromatic carbocycles. The van der Waals surface area contributed by atoms with Crippen molar-refractivity contribution in [2.75, 3.05) is 13.2 Å². The molecule has 3 rings (SSSR count). The minimum absolute atomic E-state index is 0.179. The molecule has 1 heterocycles. The van der Waals surface area contributed by atoms with Crippen LogP contribution in [0.1, 0.15) is 37.2 Å². The molecule has 0 spiro atoms. The first-order chi connectivity index (χ1) is 8.83. The molecule has 3 nitrogen and oxygen atoms in total. The van der Waals surface area contributed by atoms with Gasteiger partial charge in [0.2, 0.25) is 0 Å². The van der Waals surface area contributed by atoms with Gasteiger partial charge in [-0.25, -0.2) is 0 Å². The first kappa shape index (κ1) is 12.0. The monoisotopic (exact) mass is 248 g/mol. The lowest BCUT2D eigenvalue weighted by Crippen LogP contribution is -2.38. The van der Waals surface area contributed by atoms with Gasteiger partial charge < -0.3 is 14.6 Å². The summed E-state index contributed by atoms with van der Waals surface area (Å²) in [5.41, 5.74) is 1.41. The van der Waals surface area contributed by atoms with Crippen LogP contribution in [0.2, 0.25) is 0 Å². The lowest BCUT2D eigenvalue weighted by molar-refractivity contribution is -0.0900. The molecule has 1 saturated carbocycles. The van der Waals surface area contributed by atoms with Crippen molar-refractivity contribution in [3.8, 4) is 5.75 Å². The van der Waals surface area contributed by atoms with E-state index in [0.29, 0.717) is 6.61 Å². The lowest BCUT2D eigenvalue weighted by Gasteiger charge is -2.27. The van der Waals surface area contributed by atoms with Crippen LogP contribution < -0.4 is 4.74 Å². The summed E-state index contributed by atoms with van der Waals surface area (Å²) >= 11 is 0. The van der Waals surface area contributed by atoms with Gasteiger partial charge in [-0.05, 0) is 49.3 Å². The maximum absolute atomic E-state index is 9.77. The predicted molar refractivity (Wildman–Crippen MR) is 68.9 cm³/mol. The van der Waals surface area contributed by atoms with E-state index in [1.165, 1.54) is 18.4 Å². The van der Waals surface area contributed by atoms with Crippen molar-refractivity contribution in [1.29, 1.82) is 0 Å². The van der Waals surface area contributed by atoms with Gasteiger partial charge in [0.15, 0.2) is 0 Å². The van der Waals surface area contributed by atoms with Crippen LogP contribution in [0, 0.1) is 0 Å². The van der Waals surface area contributed by atoms with Crippen LogP contribution in [0.25, 0.3) is 0 Å². The summed E-state index contributed by atoms with van der Waals surface area (Å²) in [6.45, 7) is 1.16. The molecule has 98 valence electrons. The Morgan fingerprint density at radius 1 is 1.17 bits per heavy atom. The van der Waals surface area contributed by atoms with Crippen LogP contribution in [0.3, 0.4) is 0 Å². The molecule has 0 amide bonds. The SMILES string of the molecule is OC1CCCOC1COc1ccc(C2CC2)cc1. The van der Waals surface area contributed by atoms with Crippen LogP contribution >= 0.6 is 0 Å². The van der Waals surface area contributed by atoms with Crippen molar-refractivity contribution < 1.29 is 14.6 Å². The highest BCUT2D eigenvalue weighted by Gasteiger charge is 2.25. The van der Waals surface area contributed by atoms with Crippen molar-refractivity contribution in [3.05, 3.63) is 29.8 Å². The van der Waals surface area contributed by atoms with Gasteiger partial charge in [0.25, 0.3) is 0 Å². The van der Waals surface area contributed by atoms with Gasteiger partial charge >= 0.3 is 0 Å². The third kappa shape index (κ3) is 2.85. The van der Waals surface area contributed by atoms with Gasteiger partial charge in [0, 0.05) is 6.61 Å². The highest BCUT2D eigenvalue weighted by Crippen LogP contribution is 2.40. The Balaban J connectivity index is 1.52. The first-order valence-corrected chi connectivity index (χ1v) is 6.85. The summed E-state index contributed by atoms with van der Waals surface area (Å²) < 4.78 is 11.2. The number of ether oxygens (including phenoxy) is 2. The van der Waals surface area contributed by atoms with Crippen molar-refractivity contribution in [3.63, 3.8) is 0 Å². The summed E-state index contributed by atoms with van der Waals surface area (Å²) in [5, 5.41) is 9.77. The van der Waals surface area contributed by atoms with Crippen LogP contribution in [0.15, 0.2) is 24.3 Å². The van der Waals surface area contributed by atoms with Crippen LogP contribution in [-0.2, 0) is 4.74 Å². The highest BCUT2D eigenvalue weighted by molar-refractivity contribution is 5.31. The molecular weight excluding hydrogens is 228 g/mol. The maximum atomic E-state index is 9.77. The van der Waals surface area contributed by atoms with Crippen molar-refractivity contribution >= 4 is 0 Å². The summed E-state index contributed by atoms with van der Waals surface area (Å²) in [6, 6.07) is 8.32. The number of rotatable bonds is 4. The van der Waals surface area contributed by atoms with E-state index in [4.69, 9.17) is 9.47 Å². The van der Waals surface area contributed by atoms with Crippen molar-refractivity contribution in [2.24, 2.45) is 0 Å². The molecule has 18 heavy (non-hydrogen) atoms. The van der Waals surface area contributed by atoms with Gasteiger partial charge in [0.05, 0.1) is 6.10 Å². The molecule has 2 fully saturated rings. The first-order valence-electron chi connectivity index (χ1n) is 6.85. The molecule has 1 aliphatic heterocycles. The fourth-order valence-electron chi connectivity index (χ4n) is 2.41. The molecular formula is C15H20O3. The van der Waals surface area contributed by atoms with Gasteiger partial charge in [-0.3, -0.25) is 0 Å². The summed E-state index contributed by atoms with van der Waals surface area (Å²) in [5.74, 6) is 1.64. The molecule has 1 N–H and O–H groups in total. The van der Waals surface area contributed by atoms with Crippen LogP contribution in [0.4, 0.5) is 0 Å². The second kappa shape index (κ2) is 5.29. The second-order valence-corrected chi connectivity index (χ2v) is 5.27. The number of hydrogen-bond acceptors (Lipinski definition) is 3. The van der Waals surface area contributed by atoms with Crippen LogP contribution in [-0.4, -0.2) is 30.5 Å². The normalized spacial score (nSPS) is 28.1. The van der Waals surface area contributed by atoms with E-state index in [1.807, 2.05) is 12.1 Å². The average molecular weight is 248 g/mol. The minimum Gasteiger partial charge on any atom is -0.491 e. The third-order valence-corrected chi connectivity index (χ3v) is 3.75. The zero-order chi connectivity index (χ0) is 12.4. The predicted octanol–water partition coefficient (Wildman–Crippen LogP) is 2.48. The lowest BCUT2D eigenvalue weighted by atomic mass is 10.1. The number of benzene rings is 1. The minimum atomic E-state index is -0.385. The average Bonchev–Trinajstić information content (AvgIpc) is 3.23. The van der Waals surface area contributed by atoms with E-state index in [1.54, 1.807) is 0 Å². The Hall–Kier alpha value is -1.06. The molecule has 1 aliphatic carbocycles. The van der Waals surface area contributed by atoms with E-state index in [2.05, 4.69) is 12.1 Å². The smallest absolute Gasteiger partial charge is 0.119 e. The van der Waals surface area contributed by atoms with E-state index in [-0.39, 0.29) is 12.2 Å². The number of hydrogen-bond donors (Lipinski definition) is 1. The van der Waals surface area contributed by atoms with Crippen molar-refractivity contribution in [2.45, 2.75) is 43.8 Å². The number of aliphatic hydroxyl groups excluding tert-OH is 1. The van der Waals surface area contributed by atoms with Gasteiger partial charge in [-0.2, -0.15) is 0 Å². The van der Waals surface area contributed by atoms with Gasteiger partial charge in [0.1, 0.15) is 18.5 Å². The molecule has 0 aromatic heterocycles. The van der Waals surface area contributed by atoms with Gasteiger partial charge in [-0.15, -0.1) is 0 Å². The zero-order valence-corrected chi connectivity index (χ0v) is 10.5. The Kier molecular flexibility index (Phi) is 3.52. The summed E-state index contributed by atoms with van der Waals surface area (Å²) in [7, 11) is 0. The third-order valence-electron chi connectivity index (χ3n) is 3.75. The summed E-state index contributed by atoms with van der Waals surface area (Å²) in [6.07, 6.45) is 3.83. The molecule has 2 aliphatic rings. The summed E-state index contributed by atoms with van der Waals surface area (Å²) in [4.78, 5) is 0. The molecule has 3 heteroatoms. The molecule has 2 unspecified atom stereocenters. The fourth-order valence-corrected chi connectivity index (χ4v) is 2.41. The van der Waals surface area contributed by atoms with Crippen molar-refractivity contribution in [1.82, 2.24) is 0 Å². The largest absolute Gasteiger partial charge is 0.491 e. The molecule has 1 saturated heterocycles. The van der Waals surface area contributed by atoms with Gasteiger partial charge in [-0.1, -0.05) is 12.1 Å². The second-order valence-electron chi connectivity index (χ2n) is 5.27. The fraction of sp³-hybridized carbons (Fsp3) is 0.600. The molecule has 0 bridgehead atoms. The standard InChI is InChI=1S/C15H20O3/c16-14-2-1-9-17-15(14)10-18-13-7-5-12(6-8-13)11-3-4-11/h5-8,11,14-16H,1-4,9-10H2. The zero-order valence-electron chi connectivity index (χ0n) is 10.5. The quantitative estimate of drug-likeness (QED) is 0.889. The molecule has 1 aromatic rings. The van der Waals surface area contributed by atoms with E-state index in [0.717, 1.165) is 31.1 Å². The Labute approximate surface area is 108 Å². The highest BCUT2D eigenvalue weighted by atomic mass is 16.5.